The molecule has 130 valence electrons. The Hall–Kier alpha value is -1.94. The van der Waals surface area contributed by atoms with Gasteiger partial charge in [-0.1, -0.05) is 33.3 Å². The lowest BCUT2D eigenvalue weighted by atomic mass is 9.95. The smallest absolute Gasteiger partial charge is 0.211 e. The van der Waals surface area contributed by atoms with E-state index in [-0.39, 0.29) is 5.78 Å². The lowest BCUT2D eigenvalue weighted by molar-refractivity contribution is 0.102. The van der Waals surface area contributed by atoms with E-state index >= 15 is 0 Å². The molecule has 1 heterocycles. The molecular weight excluding hydrogens is 298 g/mol. The van der Waals surface area contributed by atoms with Gasteiger partial charge >= 0.3 is 0 Å². The maximum absolute atomic E-state index is 12.5. The molecule has 0 saturated heterocycles. The molecule has 24 heavy (non-hydrogen) atoms. The number of carbonyl (C=O) groups is 1. The number of hydrogen-bond donors (Lipinski definition) is 1. The molecule has 0 aromatic carbocycles. The van der Waals surface area contributed by atoms with Gasteiger partial charge in [0.05, 0.1) is 17.0 Å². The minimum absolute atomic E-state index is 0.0146. The van der Waals surface area contributed by atoms with Gasteiger partial charge < -0.3 is 10.2 Å². The van der Waals surface area contributed by atoms with Crippen LogP contribution in [0.3, 0.4) is 0 Å². The topological polar surface area (TPSA) is 45.2 Å². The molecule has 1 aliphatic rings. The number of fused-ring (bicyclic) bond motifs is 1. The van der Waals surface area contributed by atoms with E-state index in [9.17, 15) is 4.79 Å². The summed E-state index contributed by atoms with van der Waals surface area (Å²) in [5, 5.41) is 3.29. The predicted molar refractivity (Wildman–Crippen MR) is 99.9 cm³/mol. The molecule has 1 aromatic rings. The first-order chi connectivity index (χ1) is 11.7. The van der Waals surface area contributed by atoms with Crippen LogP contribution >= 0.6 is 0 Å². The highest BCUT2D eigenvalue weighted by atomic mass is 16.1. The molecule has 0 amide bonds. The molecular formula is C20H29N3O. The summed E-state index contributed by atoms with van der Waals surface area (Å²) in [4.78, 5) is 19.2. The Morgan fingerprint density at radius 1 is 1.21 bits per heavy atom. The monoisotopic (exact) mass is 327 g/mol. The molecule has 0 spiro atoms. The summed E-state index contributed by atoms with van der Waals surface area (Å²) in [5.74, 6) is 0.0146. The van der Waals surface area contributed by atoms with Crippen molar-refractivity contribution in [3.63, 3.8) is 0 Å². The highest BCUT2D eigenvalue weighted by Gasteiger charge is 2.22. The number of unbranched alkanes of at least 4 members (excludes halogenated alkanes) is 2. The highest BCUT2D eigenvalue weighted by Crippen LogP contribution is 2.24. The maximum atomic E-state index is 12.5. The van der Waals surface area contributed by atoms with Crippen LogP contribution in [0.5, 0.6) is 0 Å². The Balaban J connectivity index is 1.80. The molecule has 4 heteroatoms. The van der Waals surface area contributed by atoms with Crippen LogP contribution in [-0.4, -0.2) is 41.8 Å². The van der Waals surface area contributed by atoms with E-state index in [1.54, 1.807) is 12.3 Å². The fourth-order valence-corrected chi connectivity index (χ4v) is 2.97. The number of allylic oxidation sites excluding steroid dienone is 3. The average molecular weight is 327 g/mol. The molecule has 0 radical (unpaired) electrons. The Kier molecular flexibility index (Phi) is 7.19. The number of hydrogen-bond acceptors (Lipinski definition) is 4. The number of ketones is 1. The van der Waals surface area contributed by atoms with Crippen molar-refractivity contribution in [2.75, 3.05) is 26.2 Å². The van der Waals surface area contributed by atoms with Crippen molar-refractivity contribution in [3.8, 4) is 0 Å². The minimum atomic E-state index is 0.0146. The summed E-state index contributed by atoms with van der Waals surface area (Å²) in [6.07, 6.45) is 8.36. The maximum Gasteiger partial charge on any atom is 0.211 e. The summed E-state index contributed by atoms with van der Waals surface area (Å²) in [6, 6.07) is 3.61. The van der Waals surface area contributed by atoms with Crippen LogP contribution in [-0.2, 0) is 0 Å². The second-order valence-electron chi connectivity index (χ2n) is 6.23. The lowest BCUT2D eigenvalue weighted by Crippen LogP contribution is -2.30. The van der Waals surface area contributed by atoms with E-state index in [0.29, 0.717) is 17.0 Å². The van der Waals surface area contributed by atoms with E-state index in [4.69, 9.17) is 0 Å². The van der Waals surface area contributed by atoms with E-state index < -0.39 is 0 Å². The van der Waals surface area contributed by atoms with Crippen LogP contribution in [0.15, 0.2) is 36.7 Å². The normalized spacial score (nSPS) is 13.9. The van der Waals surface area contributed by atoms with Gasteiger partial charge in [0.25, 0.3) is 0 Å². The largest absolute Gasteiger partial charge is 0.382 e. The summed E-state index contributed by atoms with van der Waals surface area (Å²) in [5.41, 5.74) is 2.76. The summed E-state index contributed by atoms with van der Waals surface area (Å²) in [7, 11) is 0. The van der Waals surface area contributed by atoms with E-state index in [0.717, 1.165) is 31.6 Å². The third kappa shape index (κ3) is 4.78. The molecule has 0 aliphatic heterocycles. The van der Waals surface area contributed by atoms with Gasteiger partial charge in [0.15, 0.2) is 0 Å². The molecule has 1 aliphatic carbocycles. The predicted octanol–water partition coefficient (Wildman–Crippen LogP) is 3.67. The van der Waals surface area contributed by atoms with Crippen LogP contribution in [0.25, 0.3) is 5.57 Å². The second kappa shape index (κ2) is 9.38. The van der Waals surface area contributed by atoms with Crippen molar-refractivity contribution in [1.29, 1.82) is 0 Å². The average Bonchev–Trinajstić information content (AvgIpc) is 2.61. The molecule has 1 aromatic heterocycles. The molecule has 4 nitrogen and oxygen atoms in total. The third-order valence-corrected chi connectivity index (χ3v) is 4.41. The van der Waals surface area contributed by atoms with Crippen molar-refractivity contribution in [2.45, 2.75) is 39.5 Å². The molecule has 2 rings (SSSR count). The highest BCUT2D eigenvalue weighted by molar-refractivity contribution is 6.14. The Morgan fingerprint density at radius 2 is 2.00 bits per heavy atom. The van der Waals surface area contributed by atoms with Crippen molar-refractivity contribution in [3.05, 3.63) is 47.9 Å². The molecule has 0 fully saturated rings. The quantitative estimate of drug-likeness (QED) is 0.666. The number of nitrogens with zero attached hydrogens (tertiary/aromatic N) is 2. The number of carbonyl (C=O) groups excluding carboxylic acids is 1. The van der Waals surface area contributed by atoms with Gasteiger partial charge in [-0.05, 0) is 56.3 Å². The first kappa shape index (κ1) is 18.4. The first-order valence-corrected chi connectivity index (χ1v) is 9.04. The van der Waals surface area contributed by atoms with Crippen LogP contribution in [0.4, 0.5) is 0 Å². The van der Waals surface area contributed by atoms with Gasteiger partial charge in [0.2, 0.25) is 5.78 Å². The Bertz CT molecular complexity index is 607. The first-order valence-electron chi connectivity index (χ1n) is 9.04. The number of aromatic nitrogens is 1. The van der Waals surface area contributed by atoms with E-state index in [2.05, 4.69) is 35.6 Å². The van der Waals surface area contributed by atoms with Crippen LogP contribution in [0.2, 0.25) is 0 Å². The third-order valence-electron chi connectivity index (χ3n) is 4.41. The molecule has 0 unspecified atom stereocenters. The zero-order valence-corrected chi connectivity index (χ0v) is 15.0. The van der Waals surface area contributed by atoms with Gasteiger partial charge in [-0.2, -0.15) is 0 Å². The summed E-state index contributed by atoms with van der Waals surface area (Å²) in [6.45, 7) is 12.6. The SMILES string of the molecule is C=C1C=C(NCCCN(CC)CCCCC)C(=O)c2cccnc21. The Morgan fingerprint density at radius 3 is 2.75 bits per heavy atom. The molecule has 0 bridgehead atoms. The van der Waals surface area contributed by atoms with Crippen molar-refractivity contribution in [2.24, 2.45) is 0 Å². The molecule has 0 atom stereocenters. The number of rotatable bonds is 10. The van der Waals surface area contributed by atoms with E-state index in [1.165, 1.54) is 25.8 Å². The van der Waals surface area contributed by atoms with Gasteiger partial charge in [0, 0.05) is 12.7 Å². The standard InChI is InChI=1S/C20H29N3O/c1-4-6-7-13-23(5-2)14-9-12-21-18-15-16(3)19-17(20(18)24)10-8-11-22-19/h8,10-11,15,21H,3-7,9,12-14H2,1-2H3. The summed E-state index contributed by atoms with van der Waals surface area (Å²) >= 11 is 0. The van der Waals surface area contributed by atoms with Crippen molar-refractivity contribution < 1.29 is 4.79 Å². The van der Waals surface area contributed by atoms with Crippen LogP contribution in [0.1, 0.15) is 55.6 Å². The lowest BCUT2D eigenvalue weighted by Gasteiger charge is -2.21. The van der Waals surface area contributed by atoms with Crippen molar-refractivity contribution in [1.82, 2.24) is 15.2 Å². The number of pyridine rings is 1. The van der Waals surface area contributed by atoms with Crippen LogP contribution < -0.4 is 5.32 Å². The summed E-state index contributed by atoms with van der Waals surface area (Å²) < 4.78 is 0. The fraction of sp³-hybridized carbons (Fsp3) is 0.500. The van der Waals surface area contributed by atoms with Crippen LogP contribution in [0, 0.1) is 0 Å². The number of nitrogens with one attached hydrogen (secondary N) is 1. The second-order valence-corrected chi connectivity index (χ2v) is 6.23. The van der Waals surface area contributed by atoms with Gasteiger partial charge in [-0.3, -0.25) is 9.78 Å². The number of Topliss-reactive ketones (excluding diaryl/α,β-unsaturated/α-hetero) is 1. The molecule has 0 saturated carbocycles. The zero-order valence-electron chi connectivity index (χ0n) is 15.0. The minimum Gasteiger partial charge on any atom is -0.382 e. The van der Waals surface area contributed by atoms with E-state index in [1.807, 2.05) is 12.1 Å². The zero-order chi connectivity index (χ0) is 17.4. The Labute approximate surface area is 145 Å². The van der Waals surface area contributed by atoms with Crippen molar-refractivity contribution >= 4 is 11.4 Å². The van der Waals surface area contributed by atoms with Gasteiger partial charge in [-0.25, -0.2) is 0 Å². The fourth-order valence-electron chi connectivity index (χ4n) is 2.97. The van der Waals surface area contributed by atoms with Gasteiger partial charge in [0.1, 0.15) is 0 Å². The molecule has 1 N–H and O–H groups in total. The van der Waals surface area contributed by atoms with Gasteiger partial charge in [-0.15, -0.1) is 0 Å².